The summed E-state index contributed by atoms with van der Waals surface area (Å²) < 4.78 is 6.49. The van der Waals surface area contributed by atoms with Crippen molar-refractivity contribution in [3.63, 3.8) is 0 Å². The molecule has 5 heteroatoms. The Balaban J connectivity index is 2.15. The Kier molecular flexibility index (Phi) is 1.97. The van der Waals surface area contributed by atoms with Crippen LogP contribution in [-0.4, -0.2) is 23.5 Å². The number of para-hydroxylation sites is 2. The molecule has 5 rings (SSSR count). The van der Waals surface area contributed by atoms with Gasteiger partial charge in [0, 0.05) is 19.7 Å². The number of fused-ring (bicyclic) bond motifs is 6. The van der Waals surface area contributed by atoms with E-state index >= 15 is 0 Å². The van der Waals surface area contributed by atoms with Gasteiger partial charge in [0.25, 0.3) is 0 Å². The maximum absolute atomic E-state index is 4.79. The largest absolute Gasteiger partial charge is 0.333 e. The molecule has 0 unspecified atom stereocenters. The van der Waals surface area contributed by atoms with E-state index in [9.17, 15) is 0 Å². The average molecular weight is 289 g/mol. The Morgan fingerprint density at radius 3 is 2.64 bits per heavy atom. The van der Waals surface area contributed by atoms with E-state index in [4.69, 9.17) is 4.98 Å². The van der Waals surface area contributed by atoms with Crippen molar-refractivity contribution >= 4 is 38.9 Å². The van der Waals surface area contributed by atoms with Crippen molar-refractivity contribution in [2.45, 2.75) is 6.92 Å². The fourth-order valence-corrected chi connectivity index (χ4v) is 3.68. The molecule has 2 aromatic carbocycles. The summed E-state index contributed by atoms with van der Waals surface area (Å²) in [6, 6.07) is 10.4. The lowest BCUT2D eigenvalue weighted by molar-refractivity contribution is 0.939. The zero-order valence-corrected chi connectivity index (χ0v) is 12.7. The predicted molar refractivity (Wildman–Crippen MR) is 88.2 cm³/mol. The average Bonchev–Trinajstić information content (AvgIpc) is 3.14. The fourth-order valence-electron chi connectivity index (χ4n) is 3.68. The molecule has 3 aromatic heterocycles. The zero-order chi connectivity index (χ0) is 15.0. The molecule has 0 radical (unpaired) electrons. The van der Waals surface area contributed by atoms with Gasteiger partial charge in [-0.25, -0.2) is 9.97 Å². The van der Waals surface area contributed by atoms with Gasteiger partial charge in [0.2, 0.25) is 5.78 Å². The molecular formula is C17H15N5. The van der Waals surface area contributed by atoms with Crippen molar-refractivity contribution in [3.05, 3.63) is 42.2 Å². The molecule has 0 bridgehead atoms. The van der Waals surface area contributed by atoms with Crippen molar-refractivity contribution in [1.29, 1.82) is 0 Å². The second-order valence-corrected chi connectivity index (χ2v) is 5.89. The van der Waals surface area contributed by atoms with E-state index in [2.05, 4.69) is 56.8 Å². The van der Waals surface area contributed by atoms with Gasteiger partial charge < -0.3 is 9.13 Å². The van der Waals surface area contributed by atoms with E-state index in [0.29, 0.717) is 0 Å². The van der Waals surface area contributed by atoms with E-state index in [1.54, 1.807) is 0 Å². The van der Waals surface area contributed by atoms with Crippen molar-refractivity contribution in [2.75, 3.05) is 0 Å². The van der Waals surface area contributed by atoms with Crippen LogP contribution in [-0.2, 0) is 14.1 Å². The first kappa shape index (κ1) is 11.8. The lowest BCUT2D eigenvalue weighted by Gasteiger charge is -2.04. The van der Waals surface area contributed by atoms with Crippen LogP contribution in [0.5, 0.6) is 0 Å². The summed E-state index contributed by atoms with van der Waals surface area (Å²) in [4.78, 5) is 9.32. The maximum atomic E-state index is 4.79. The first-order valence-electron chi connectivity index (χ1n) is 7.33. The van der Waals surface area contributed by atoms with Crippen LogP contribution in [0.1, 0.15) is 5.56 Å². The van der Waals surface area contributed by atoms with E-state index in [0.717, 1.165) is 27.8 Å². The zero-order valence-electron chi connectivity index (χ0n) is 12.7. The summed E-state index contributed by atoms with van der Waals surface area (Å²) in [6.07, 6.45) is 1.87. The molecule has 5 nitrogen and oxygen atoms in total. The standard InChI is InChI=1S/C17H15N5/c1-10-15-12(18-9-20(15)2)8-14-16(10)21(3)17-19-11-6-4-5-7-13(11)22(14)17/h4-9H,1-3H3. The monoisotopic (exact) mass is 289 g/mol. The van der Waals surface area contributed by atoms with E-state index in [-0.39, 0.29) is 0 Å². The Hall–Kier alpha value is -2.82. The Morgan fingerprint density at radius 1 is 0.955 bits per heavy atom. The number of aromatic nitrogens is 5. The van der Waals surface area contributed by atoms with Crippen LogP contribution in [0.4, 0.5) is 0 Å². The molecule has 0 spiro atoms. The third kappa shape index (κ3) is 1.20. The number of nitrogens with zero attached hydrogens (tertiary/aromatic N) is 5. The minimum Gasteiger partial charge on any atom is -0.333 e. The van der Waals surface area contributed by atoms with Gasteiger partial charge in [0.1, 0.15) is 0 Å². The van der Waals surface area contributed by atoms with Crippen LogP contribution < -0.4 is 0 Å². The molecular weight excluding hydrogens is 274 g/mol. The second kappa shape index (κ2) is 3.68. The highest BCUT2D eigenvalue weighted by Gasteiger charge is 2.18. The highest BCUT2D eigenvalue weighted by Crippen LogP contribution is 2.31. The van der Waals surface area contributed by atoms with Crippen molar-refractivity contribution in [1.82, 2.24) is 23.5 Å². The van der Waals surface area contributed by atoms with Gasteiger partial charge in [-0.1, -0.05) is 12.1 Å². The van der Waals surface area contributed by atoms with E-state index in [1.165, 1.54) is 16.6 Å². The minimum absolute atomic E-state index is 0.967. The smallest absolute Gasteiger partial charge is 0.215 e. The van der Waals surface area contributed by atoms with Gasteiger partial charge in [0.05, 0.1) is 39.4 Å². The van der Waals surface area contributed by atoms with E-state index < -0.39 is 0 Å². The quantitative estimate of drug-likeness (QED) is 0.439. The van der Waals surface area contributed by atoms with E-state index in [1.807, 2.05) is 19.4 Å². The van der Waals surface area contributed by atoms with Gasteiger partial charge in [-0.05, 0) is 25.1 Å². The van der Waals surface area contributed by atoms with Gasteiger partial charge in [-0.3, -0.25) is 4.40 Å². The van der Waals surface area contributed by atoms with Gasteiger partial charge in [0.15, 0.2) is 0 Å². The molecule has 0 saturated heterocycles. The Labute approximate surface area is 126 Å². The lowest BCUT2D eigenvalue weighted by Crippen LogP contribution is -1.94. The molecule has 0 aliphatic carbocycles. The number of imidazole rings is 3. The second-order valence-electron chi connectivity index (χ2n) is 5.89. The highest BCUT2D eigenvalue weighted by molar-refractivity contribution is 6.00. The molecule has 5 aromatic rings. The molecule has 0 aliphatic rings. The van der Waals surface area contributed by atoms with Crippen LogP contribution >= 0.6 is 0 Å². The van der Waals surface area contributed by atoms with Crippen molar-refractivity contribution in [2.24, 2.45) is 14.1 Å². The molecule has 0 fully saturated rings. The van der Waals surface area contributed by atoms with Crippen LogP contribution in [0.15, 0.2) is 36.7 Å². The molecule has 3 heterocycles. The summed E-state index contributed by atoms with van der Waals surface area (Å²) in [7, 11) is 4.12. The molecule has 0 atom stereocenters. The first-order valence-corrected chi connectivity index (χ1v) is 7.33. The molecule has 108 valence electrons. The third-order valence-corrected chi connectivity index (χ3v) is 4.61. The topological polar surface area (TPSA) is 40.1 Å². The lowest BCUT2D eigenvalue weighted by atomic mass is 10.1. The normalized spacial score (nSPS) is 12.3. The fraction of sp³-hybridized carbons (Fsp3) is 0.176. The summed E-state index contributed by atoms with van der Waals surface area (Å²) >= 11 is 0. The predicted octanol–water partition coefficient (Wildman–Crippen LogP) is 3.17. The van der Waals surface area contributed by atoms with Crippen LogP contribution in [0, 0.1) is 6.92 Å². The summed E-state index contributed by atoms with van der Waals surface area (Å²) in [6.45, 7) is 2.16. The summed E-state index contributed by atoms with van der Waals surface area (Å²) in [5.74, 6) is 0.967. The number of hydrogen-bond donors (Lipinski definition) is 0. The van der Waals surface area contributed by atoms with Crippen LogP contribution in [0.2, 0.25) is 0 Å². The van der Waals surface area contributed by atoms with Crippen LogP contribution in [0.3, 0.4) is 0 Å². The van der Waals surface area contributed by atoms with Gasteiger partial charge >= 0.3 is 0 Å². The SMILES string of the molecule is Cc1c2c(cc3c1n(C)c1nc4ccccc4n31)ncn2C. The number of aryl methyl sites for hydroxylation is 3. The number of benzene rings is 2. The first-order chi connectivity index (χ1) is 10.7. The molecule has 22 heavy (non-hydrogen) atoms. The Morgan fingerprint density at radius 2 is 1.77 bits per heavy atom. The van der Waals surface area contributed by atoms with Crippen molar-refractivity contribution < 1.29 is 0 Å². The highest BCUT2D eigenvalue weighted by atomic mass is 15.2. The minimum atomic E-state index is 0.967. The van der Waals surface area contributed by atoms with Gasteiger partial charge in [-0.15, -0.1) is 0 Å². The maximum Gasteiger partial charge on any atom is 0.215 e. The molecule has 0 saturated carbocycles. The van der Waals surface area contributed by atoms with Crippen LogP contribution in [0.25, 0.3) is 38.9 Å². The molecule has 0 N–H and O–H groups in total. The number of rotatable bonds is 0. The summed E-state index contributed by atoms with van der Waals surface area (Å²) in [5, 5.41) is 0. The molecule has 0 aliphatic heterocycles. The van der Waals surface area contributed by atoms with Crippen molar-refractivity contribution in [3.8, 4) is 0 Å². The number of hydrogen-bond acceptors (Lipinski definition) is 2. The third-order valence-electron chi connectivity index (χ3n) is 4.61. The summed E-state index contributed by atoms with van der Waals surface area (Å²) in [5.41, 5.74) is 7.98. The molecule has 0 amide bonds. The van der Waals surface area contributed by atoms with Gasteiger partial charge in [-0.2, -0.15) is 0 Å². The Bertz CT molecular complexity index is 1200.